The number of unbranched alkanes of at least 4 members (excludes halogenated alkanes) is 9. The maximum atomic E-state index is 8.73. The number of hydrogen-bond acceptors (Lipinski definition) is 8. The molecule has 0 fully saturated rings. The summed E-state index contributed by atoms with van der Waals surface area (Å²) in [5, 5.41) is 40.3. The lowest BCUT2D eigenvalue weighted by Crippen LogP contribution is -2.28. The molecular weight excluding hydrogens is 329 g/mol. The number of hydrogen-bond donors (Lipinski definition) is 5. The van der Waals surface area contributed by atoms with Gasteiger partial charge in [0.05, 0.1) is 33.0 Å². The summed E-state index contributed by atoms with van der Waals surface area (Å²) in [4.78, 5) is 10.5. The molecule has 0 saturated heterocycles. The van der Waals surface area contributed by atoms with Crippen LogP contribution in [0.25, 0.3) is 0 Å². The van der Waals surface area contributed by atoms with E-state index in [1.165, 1.54) is 56.6 Å². The van der Waals surface area contributed by atoms with E-state index in [4.69, 9.17) is 35.0 Å². The van der Waals surface area contributed by atoms with Gasteiger partial charge in [0.1, 0.15) is 0 Å². The smallest absolute Gasteiger partial charge is 0.402 e. The Morgan fingerprint density at radius 3 is 1.40 bits per heavy atom. The Morgan fingerprint density at radius 2 is 1.04 bits per heavy atom. The largest absolute Gasteiger partial charge is 0.631 e. The van der Waals surface area contributed by atoms with Crippen molar-refractivity contribution < 1.29 is 35.0 Å². The van der Waals surface area contributed by atoms with Gasteiger partial charge in [0.25, 0.3) is 0 Å². The number of hydroxylamine groups is 2. The monoisotopic (exact) mass is 367 g/mol. The summed E-state index contributed by atoms with van der Waals surface area (Å²) >= 11 is 0. The van der Waals surface area contributed by atoms with Gasteiger partial charge >= 0.3 is 7.32 Å². The quantitative estimate of drug-likeness (QED) is 0.147. The van der Waals surface area contributed by atoms with Gasteiger partial charge < -0.3 is 25.3 Å². The zero-order valence-electron chi connectivity index (χ0n) is 15.7. The highest BCUT2D eigenvalue weighted by Gasteiger charge is 2.05. The summed E-state index contributed by atoms with van der Waals surface area (Å²) in [6, 6.07) is 0. The second-order valence-corrected chi connectivity index (χ2v) is 5.70. The number of aliphatic hydroxyl groups excluding tert-OH is 2. The minimum absolute atomic E-state index is 0.0307. The van der Waals surface area contributed by atoms with Crippen LogP contribution in [0.2, 0.25) is 0 Å². The van der Waals surface area contributed by atoms with Gasteiger partial charge in [-0.05, 0) is 6.42 Å². The van der Waals surface area contributed by atoms with Crippen molar-refractivity contribution in [2.75, 3.05) is 33.0 Å². The predicted octanol–water partition coefficient (Wildman–Crippen LogP) is 1.01. The minimum Gasteiger partial charge on any atom is -0.402 e. The topological polar surface area (TPSA) is 123 Å². The Bertz CT molecular complexity index is 228. The van der Waals surface area contributed by atoms with Gasteiger partial charge in [0, 0.05) is 0 Å². The second-order valence-electron chi connectivity index (χ2n) is 5.70. The van der Waals surface area contributed by atoms with E-state index in [2.05, 4.69) is 6.92 Å². The van der Waals surface area contributed by atoms with Gasteiger partial charge in [-0.1, -0.05) is 69.9 Å². The standard InChI is InChI=1S/C16H35NO4.BH3O3/c1-2-3-4-5-6-7-8-9-10-11-12-17(20-15-13-18)21-16-14-19;2-1(3)4/h18-19H,2-16H2,1H3;2-4H. The fourth-order valence-corrected chi connectivity index (χ4v) is 2.18. The van der Waals surface area contributed by atoms with Crippen LogP contribution in [0.5, 0.6) is 0 Å². The third kappa shape index (κ3) is 28.8. The van der Waals surface area contributed by atoms with Crippen molar-refractivity contribution >= 4 is 7.32 Å². The molecule has 25 heavy (non-hydrogen) atoms. The summed E-state index contributed by atoms with van der Waals surface area (Å²) in [7, 11) is -2.17. The Morgan fingerprint density at radius 1 is 0.680 bits per heavy atom. The highest BCUT2D eigenvalue weighted by Crippen LogP contribution is 2.11. The molecule has 0 atom stereocenters. The van der Waals surface area contributed by atoms with Gasteiger partial charge in [-0.2, -0.15) is 0 Å². The maximum absolute atomic E-state index is 8.73. The van der Waals surface area contributed by atoms with E-state index in [9.17, 15) is 0 Å². The van der Waals surface area contributed by atoms with Gasteiger partial charge in [0.15, 0.2) is 0 Å². The summed E-state index contributed by atoms with van der Waals surface area (Å²) in [6.45, 7) is 3.31. The van der Waals surface area contributed by atoms with E-state index in [0.29, 0.717) is 6.54 Å². The molecular formula is C16H38BNO7. The molecule has 0 heterocycles. The van der Waals surface area contributed by atoms with Gasteiger partial charge in [0.2, 0.25) is 0 Å². The molecule has 0 spiro atoms. The van der Waals surface area contributed by atoms with Crippen molar-refractivity contribution in [3.8, 4) is 0 Å². The van der Waals surface area contributed by atoms with Crippen molar-refractivity contribution in [1.29, 1.82) is 0 Å². The first-order valence-electron chi connectivity index (χ1n) is 9.37. The van der Waals surface area contributed by atoms with Crippen LogP contribution in [-0.4, -0.2) is 70.8 Å². The molecule has 0 rings (SSSR count). The van der Waals surface area contributed by atoms with Crippen LogP contribution in [0.1, 0.15) is 71.1 Å². The number of rotatable bonds is 17. The van der Waals surface area contributed by atoms with Crippen molar-refractivity contribution in [3.05, 3.63) is 0 Å². The van der Waals surface area contributed by atoms with Crippen LogP contribution < -0.4 is 0 Å². The summed E-state index contributed by atoms with van der Waals surface area (Å²) in [6.07, 6.45) is 12.9. The van der Waals surface area contributed by atoms with E-state index in [1.807, 2.05) is 0 Å². The molecule has 0 saturated carbocycles. The molecule has 8 nitrogen and oxygen atoms in total. The Hall–Kier alpha value is -0.255. The molecule has 152 valence electrons. The highest BCUT2D eigenvalue weighted by molar-refractivity contribution is 6.30. The number of aliphatic hydroxyl groups is 2. The molecule has 0 aliphatic rings. The second kappa shape index (κ2) is 23.7. The van der Waals surface area contributed by atoms with Crippen molar-refractivity contribution in [3.63, 3.8) is 0 Å². The lowest BCUT2D eigenvalue weighted by atomic mass is 10.1. The van der Waals surface area contributed by atoms with Gasteiger partial charge in [-0.15, -0.1) is 0 Å². The molecule has 0 bridgehead atoms. The Balaban J connectivity index is 0. The molecule has 0 radical (unpaired) electrons. The van der Waals surface area contributed by atoms with Gasteiger partial charge in [-0.25, -0.2) is 0 Å². The van der Waals surface area contributed by atoms with Crippen LogP contribution in [0.4, 0.5) is 0 Å². The number of nitrogens with zero attached hydrogens (tertiary/aromatic N) is 1. The normalized spacial score (nSPS) is 10.7. The molecule has 0 aromatic heterocycles. The molecule has 0 amide bonds. The third-order valence-corrected chi connectivity index (χ3v) is 3.35. The van der Waals surface area contributed by atoms with Crippen LogP contribution in [-0.2, 0) is 9.68 Å². The molecule has 5 N–H and O–H groups in total. The fourth-order valence-electron chi connectivity index (χ4n) is 2.18. The summed E-state index contributed by atoms with van der Waals surface area (Å²) in [5.41, 5.74) is 0. The average molecular weight is 367 g/mol. The Kier molecular flexibility index (Phi) is 25.6. The van der Waals surface area contributed by atoms with Crippen LogP contribution in [0.3, 0.4) is 0 Å². The molecule has 0 aliphatic heterocycles. The van der Waals surface area contributed by atoms with Crippen LogP contribution >= 0.6 is 0 Å². The first-order chi connectivity index (χ1) is 12.1. The first kappa shape index (κ1) is 27.0. The molecule has 0 aromatic rings. The van der Waals surface area contributed by atoms with Crippen molar-refractivity contribution in [2.45, 2.75) is 71.1 Å². The highest BCUT2D eigenvalue weighted by atomic mass is 16.9. The molecule has 0 unspecified atom stereocenters. The lowest BCUT2D eigenvalue weighted by molar-refractivity contribution is -0.371. The van der Waals surface area contributed by atoms with E-state index in [0.717, 1.165) is 12.8 Å². The van der Waals surface area contributed by atoms with Gasteiger partial charge in [-0.3, -0.25) is 9.68 Å². The minimum atomic E-state index is -2.17. The maximum Gasteiger partial charge on any atom is 0.631 e. The van der Waals surface area contributed by atoms with E-state index in [-0.39, 0.29) is 26.4 Å². The zero-order valence-corrected chi connectivity index (χ0v) is 15.7. The van der Waals surface area contributed by atoms with E-state index >= 15 is 0 Å². The third-order valence-electron chi connectivity index (χ3n) is 3.35. The fraction of sp³-hybridized carbons (Fsp3) is 1.00. The van der Waals surface area contributed by atoms with E-state index in [1.54, 1.807) is 0 Å². The average Bonchev–Trinajstić information content (AvgIpc) is 2.57. The molecule has 0 aliphatic carbocycles. The van der Waals surface area contributed by atoms with Crippen molar-refractivity contribution in [2.24, 2.45) is 0 Å². The zero-order chi connectivity index (χ0) is 19.2. The van der Waals surface area contributed by atoms with E-state index < -0.39 is 7.32 Å². The summed E-state index contributed by atoms with van der Waals surface area (Å²) in [5.74, 6) is 0. The Labute approximate surface area is 152 Å². The van der Waals surface area contributed by atoms with Crippen LogP contribution in [0.15, 0.2) is 0 Å². The first-order valence-corrected chi connectivity index (χ1v) is 9.37. The van der Waals surface area contributed by atoms with Crippen molar-refractivity contribution in [1.82, 2.24) is 5.23 Å². The van der Waals surface area contributed by atoms with Crippen LogP contribution in [0, 0.1) is 0 Å². The lowest BCUT2D eigenvalue weighted by Gasteiger charge is -2.20. The molecule has 0 aromatic carbocycles. The molecule has 9 heteroatoms. The summed E-state index contributed by atoms with van der Waals surface area (Å²) < 4.78 is 0. The SMILES string of the molecule is CCCCCCCCCCCCN(OCCO)OCCO.OB(O)O. The predicted molar refractivity (Wildman–Crippen MR) is 97.0 cm³/mol.